The fourth-order valence-corrected chi connectivity index (χ4v) is 3.51. The normalized spacial score (nSPS) is 32.5. The standard InChI is InChI=1S/C16H31N3O/c1-3-4-10-19-11-7-13(8-12-19)18-15(20)16(2)9-5-6-14(16)17/h13-14H,3-12,17H2,1-2H3,(H,18,20). The average Bonchev–Trinajstić information content (AvgIpc) is 2.79. The van der Waals surface area contributed by atoms with Gasteiger partial charge in [-0.1, -0.05) is 19.8 Å². The molecule has 0 bridgehead atoms. The van der Waals surface area contributed by atoms with Gasteiger partial charge in [-0.25, -0.2) is 0 Å². The zero-order valence-electron chi connectivity index (χ0n) is 13.2. The number of hydrogen-bond acceptors (Lipinski definition) is 3. The molecule has 4 nitrogen and oxygen atoms in total. The van der Waals surface area contributed by atoms with Gasteiger partial charge in [0.25, 0.3) is 0 Å². The number of hydrogen-bond donors (Lipinski definition) is 2. The summed E-state index contributed by atoms with van der Waals surface area (Å²) in [7, 11) is 0. The van der Waals surface area contributed by atoms with Gasteiger partial charge in [-0.05, 0) is 45.6 Å². The van der Waals surface area contributed by atoms with Crippen LogP contribution >= 0.6 is 0 Å². The summed E-state index contributed by atoms with van der Waals surface area (Å²) in [5.74, 6) is 0.189. The number of unbranched alkanes of at least 4 members (excludes halogenated alkanes) is 1. The van der Waals surface area contributed by atoms with Crippen LogP contribution in [0.2, 0.25) is 0 Å². The van der Waals surface area contributed by atoms with Crippen molar-refractivity contribution in [1.29, 1.82) is 0 Å². The van der Waals surface area contributed by atoms with Crippen molar-refractivity contribution in [3.8, 4) is 0 Å². The molecule has 1 aliphatic carbocycles. The van der Waals surface area contributed by atoms with Gasteiger partial charge in [-0.15, -0.1) is 0 Å². The molecule has 1 saturated heterocycles. The molecule has 2 unspecified atom stereocenters. The van der Waals surface area contributed by atoms with Gasteiger partial charge < -0.3 is 16.0 Å². The highest BCUT2D eigenvalue weighted by atomic mass is 16.2. The molecule has 2 fully saturated rings. The maximum atomic E-state index is 12.5. The van der Waals surface area contributed by atoms with Crippen LogP contribution in [-0.2, 0) is 4.79 Å². The third-order valence-corrected chi connectivity index (χ3v) is 5.30. The molecule has 116 valence electrons. The Labute approximate surface area is 123 Å². The molecule has 3 N–H and O–H groups in total. The Bertz CT molecular complexity index is 326. The van der Waals surface area contributed by atoms with Crippen molar-refractivity contribution in [2.75, 3.05) is 19.6 Å². The minimum absolute atomic E-state index is 0.0344. The summed E-state index contributed by atoms with van der Waals surface area (Å²) in [5.41, 5.74) is 5.79. The van der Waals surface area contributed by atoms with E-state index in [1.165, 1.54) is 19.4 Å². The predicted molar refractivity (Wildman–Crippen MR) is 82.4 cm³/mol. The lowest BCUT2D eigenvalue weighted by Crippen LogP contribution is -2.52. The van der Waals surface area contributed by atoms with E-state index < -0.39 is 0 Å². The highest BCUT2D eigenvalue weighted by Crippen LogP contribution is 2.37. The summed E-state index contributed by atoms with van der Waals surface area (Å²) in [5, 5.41) is 3.26. The number of rotatable bonds is 5. The molecule has 1 heterocycles. The third kappa shape index (κ3) is 3.53. The van der Waals surface area contributed by atoms with E-state index >= 15 is 0 Å². The van der Waals surface area contributed by atoms with Crippen LogP contribution in [0.25, 0.3) is 0 Å². The second kappa shape index (κ2) is 6.90. The zero-order valence-corrected chi connectivity index (χ0v) is 13.2. The minimum atomic E-state index is -0.334. The number of carbonyl (C=O) groups is 1. The minimum Gasteiger partial charge on any atom is -0.353 e. The predicted octanol–water partition coefficient (Wildman–Crippen LogP) is 1.88. The van der Waals surface area contributed by atoms with E-state index in [1.54, 1.807) is 0 Å². The summed E-state index contributed by atoms with van der Waals surface area (Å²) in [6, 6.07) is 0.386. The Morgan fingerprint density at radius 2 is 2.05 bits per heavy atom. The first-order valence-corrected chi connectivity index (χ1v) is 8.35. The summed E-state index contributed by atoms with van der Waals surface area (Å²) < 4.78 is 0. The first-order valence-electron chi connectivity index (χ1n) is 8.35. The van der Waals surface area contributed by atoms with E-state index in [4.69, 9.17) is 5.73 Å². The SMILES string of the molecule is CCCCN1CCC(NC(=O)C2(C)CCCC2N)CC1. The quantitative estimate of drug-likeness (QED) is 0.809. The van der Waals surface area contributed by atoms with Crippen LogP contribution in [-0.4, -0.2) is 42.5 Å². The van der Waals surface area contributed by atoms with Crippen molar-refractivity contribution in [3.05, 3.63) is 0 Å². The molecule has 2 atom stereocenters. The summed E-state index contributed by atoms with van der Waals surface area (Å²) >= 11 is 0. The van der Waals surface area contributed by atoms with E-state index in [0.29, 0.717) is 6.04 Å². The Kier molecular flexibility index (Phi) is 5.44. The van der Waals surface area contributed by atoms with Gasteiger partial charge >= 0.3 is 0 Å². The van der Waals surface area contributed by atoms with E-state index in [0.717, 1.165) is 45.2 Å². The van der Waals surface area contributed by atoms with Gasteiger partial charge in [0.2, 0.25) is 5.91 Å². The number of amides is 1. The molecule has 1 amide bonds. The van der Waals surface area contributed by atoms with Crippen LogP contribution in [0.3, 0.4) is 0 Å². The van der Waals surface area contributed by atoms with Crippen LogP contribution in [0.15, 0.2) is 0 Å². The molecule has 2 aliphatic rings. The maximum Gasteiger partial charge on any atom is 0.227 e. The summed E-state index contributed by atoms with van der Waals surface area (Å²) in [6.45, 7) is 7.72. The monoisotopic (exact) mass is 281 g/mol. The van der Waals surface area contributed by atoms with Crippen molar-refractivity contribution in [2.45, 2.75) is 70.9 Å². The highest BCUT2D eigenvalue weighted by molar-refractivity contribution is 5.83. The smallest absolute Gasteiger partial charge is 0.227 e. The molecule has 0 aromatic heterocycles. The fraction of sp³-hybridized carbons (Fsp3) is 0.938. The van der Waals surface area contributed by atoms with Crippen molar-refractivity contribution >= 4 is 5.91 Å². The van der Waals surface area contributed by atoms with E-state index in [2.05, 4.69) is 17.1 Å². The number of carbonyl (C=O) groups excluding carboxylic acids is 1. The average molecular weight is 281 g/mol. The largest absolute Gasteiger partial charge is 0.353 e. The molecule has 0 aromatic rings. The van der Waals surface area contributed by atoms with Crippen LogP contribution in [0.4, 0.5) is 0 Å². The molecule has 1 saturated carbocycles. The van der Waals surface area contributed by atoms with Gasteiger partial charge in [-0.2, -0.15) is 0 Å². The number of piperidine rings is 1. The van der Waals surface area contributed by atoms with Gasteiger partial charge in [-0.3, -0.25) is 4.79 Å². The number of nitrogens with zero attached hydrogens (tertiary/aromatic N) is 1. The molecule has 4 heteroatoms. The van der Waals surface area contributed by atoms with E-state index in [-0.39, 0.29) is 17.4 Å². The van der Waals surface area contributed by atoms with Crippen molar-refractivity contribution in [2.24, 2.45) is 11.1 Å². The fourth-order valence-electron chi connectivity index (χ4n) is 3.51. The molecule has 0 aromatic carbocycles. The van der Waals surface area contributed by atoms with E-state index in [9.17, 15) is 4.79 Å². The van der Waals surface area contributed by atoms with Crippen molar-refractivity contribution in [1.82, 2.24) is 10.2 Å². The Hall–Kier alpha value is -0.610. The Balaban J connectivity index is 1.76. The van der Waals surface area contributed by atoms with Crippen molar-refractivity contribution < 1.29 is 4.79 Å². The van der Waals surface area contributed by atoms with Crippen molar-refractivity contribution in [3.63, 3.8) is 0 Å². The van der Waals surface area contributed by atoms with E-state index in [1.807, 2.05) is 6.92 Å². The lowest BCUT2D eigenvalue weighted by atomic mass is 9.83. The summed E-state index contributed by atoms with van der Waals surface area (Å²) in [6.07, 6.45) is 7.72. The van der Waals surface area contributed by atoms with Crippen LogP contribution in [0.1, 0.15) is 58.8 Å². The first kappa shape index (κ1) is 15.8. The molecule has 0 spiro atoms. The van der Waals surface area contributed by atoms with Gasteiger partial charge in [0.05, 0.1) is 5.41 Å². The summed E-state index contributed by atoms with van der Waals surface area (Å²) in [4.78, 5) is 15.0. The first-order chi connectivity index (χ1) is 9.56. The Morgan fingerprint density at radius 3 is 2.60 bits per heavy atom. The van der Waals surface area contributed by atoms with Gasteiger partial charge in [0.15, 0.2) is 0 Å². The number of nitrogens with one attached hydrogen (secondary N) is 1. The third-order valence-electron chi connectivity index (χ3n) is 5.30. The van der Waals surface area contributed by atoms with Gasteiger partial charge in [0, 0.05) is 25.2 Å². The second-order valence-electron chi connectivity index (χ2n) is 6.86. The second-order valence-corrected chi connectivity index (χ2v) is 6.86. The lowest BCUT2D eigenvalue weighted by molar-refractivity contribution is -0.131. The van der Waals surface area contributed by atoms with Crippen LogP contribution < -0.4 is 11.1 Å². The molecule has 20 heavy (non-hydrogen) atoms. The molecular weight excluding hydrogens is 250 g/mol. The number of likely N-dealkylation sites (tertiary alicyclic amines) is 1. The molecule has 1 aliphatic heterocycles. The van der Waals surface area contributed by atoms with Crippen LogP contribution in [0, 0.1) is 5.41 Å². The maximum absolute atomic E-state index is 12.5. The molecule has 0 radical (unpaired) electrons. The zero-order chi connectivity index (χ0) is 14.6. The molecule has 2 rings (SSSR count). The molecular formula is C16H31N3O. The Morgan fingerprint density at radius 1 is 1.35 bits per heavy atom. The number of nitrogens with two attached hydrogens (primary N) is 1. The van der Waals surface area contributed by atoms with Gasteiger partial charge in [0.1, 0.15) is 0 Å². The lowest BCUT2D eigenvalue weighted by Gasteiger charge is -2.35. The topological polar surface area (TPSA) is 58.4 Å². The highest BCUT2D eigenvalue weighted by Gasteiger charge is 2.43. The van der Waals surface area contributed by atoms with Crippen LogP contribution in [0.5, 0.6) is 0 Å².